The molecule has 0 bridgehead atoms. The van der Waals surface area contributed by atoms with Crippen LogP contribution in [-0.2, 0) is 20.6 Å². The van der Waals surface area contributed by atoms with Gasteiger partial charge in [-0.25, -0.2) is 9.78 Å². The van der Waals surface area contributed by atoms with Crippen LogP contribution in [0.3, 0.4) is 0 Å². The first kappa shape index (κ1) is 18.8. The summed E-state index contributed by atoms with van der Waals surface area (Å²) in [7, 11) is 3.29. The molecule has 3 rings (SSSR count). The van der Waals surface area contributed by atoms with Crippen molar-refractivity contribution in [1.82, 2.24) is 18.7 Å². The number of rotatable bonds is 6. The van der Waals surface area contributed by atoms with Gasteiger partial charge in [0.1, 0.15) is 45.4 Å². The molecule has 0 aromatic carbocycles. The fourth-order valence-corrected chi connectivity index (χ4v) is 3.74. The number of imidazole rings is 1. The first-order chi connectivity index (χ1) is 12.4. The number of aliphatic hydroxyl groups excluding tert-OH is 2. The molecule has 0 radical (unpaired) electrons. The zero-order valence-electron chi connectivity index (χ0n) is 15.3. The highest BCUT2D eigenvalue weighted by molar-refractivity contribution is 5.69. The van der Waals surface area contributed by atoms with Crippen LogP contribution in [0.4, 0.5) is 0 Å². The molecule has 10 nitrogen and oxygen atoms in total. The van der Waals surface area contributed by atoms with Gasteiger partial charge in [-0.3, -0.25) is 13.9 Å². The van der Waals surface area contributed by atoms with Crippen molar-refractivity contribution in [2.24, 2.45) is 14.1 Å². The average Bonchev–Trinajstić information content (AvgIpc) is 3.01. The zero-order chi connectivity index (χ0) is 18.8. The molecule has 0 saturated carbocycles. The van der Waals surface area contributed by atoms with Crippen molar-refractivity contribution >= 4 is 11.2 Å². The molecule has 4 N–H and O–H groups in total. The van der Waals surface area contributed by atoms with Crippen LogP contribution in [0.2, 0.25) is 0 Å². The van der Waals surface area contributed by atoms with Gasteiger partial charge in [0.25, 0.3) is 5.56 Å². The van der Waals surface area contributed by atoms with Gasteiger partial charge in [-0.05, 0) is 0 Å². The van der Waals surface area contributed by atoms with E-state index < -0.39 is 17.4 Å². The SMILES string of the molecule is Cn1cnc2c1c(=O)n(C[C@H](O)C[NH+]1CC[NH+](CCO)CC1)c(=O)n2C. The molecule has 144 valence electrons. The van der Waals surface area contributed by atoms with E-state index in [1.807, 2.05) is 0 Å². The minimum atomic E-state index is -0.777. The number of aromatic nitrogens is 4. The van der Waals surface area contributed by atoms with Crippen LogP contribution in [0.1, 0.15) is 0 Å². The third-order valence-corrected chi connectivity index (χ3v) is 5.25. The summed E-state index contributed by atoms with van der Waals surface area (Å²) in [6.07, 6.45) is 0.727. The third kappa shape index (κ3) is 3.58. The van der Waals surface area contributed by atoms with E-state index in [0.29, 0.717) is 17.7 Å². The van der Waals surface area contributed by atoms with E-state index in [1.165, 1.54) is 20.7 Å². The lowest BCUT2D eigenvalue weighted by Crippen LogP contribution is -3.28. The highest BCUT2D eigenvalue weighted by Crippen LogP contribution is 2.02. The van der Waals surface area contributed by atoms with Crippen molar-refractivity contribution in [3.63, 3.8) is 0 Å². The van der Waals surface area contributed by atoms with Gasteiger partial charge in [0, 0.05) is 14.1 Å². The summed E-state index contributed by atoms with van der Waals surface area (Å²) in [5, 5.41) is 19.5. The maximum atomic E-state index is 12.7. The highest BCUT2D eigenvalue weighted by Gasteiger charge is 2.25. The molecule has 1 saturated heterocycles. The van der Waals surface area contributed by atoms with Crippen molar-refractivity contribution in [3.8, 4) is 0 Å². The van der Waals surface area contributed by atoms with E-state index in [2.05, 4.69) is 4.98 Å². The lowest BCUT2D eigenvalue weighted by atomic mass is 10.2. The second kappa shape index (κ2) is 7.70. The maximum absolute atomic E-state index is 12.7. The van der Waals surface area contributed by atoms with Gasteiger partial charge >= 0.3 is 5.69 Å². The van der Waals surface area contributed by atoms with Crippen LogP contribution in [0.5, 0.6) is 0 Å². The molecule has 3 heterocycles. The van der Waals surface area contributed by atoms with Crippen molar-refractivity contribution in [2.45, 2.75) is 12.6 Å². The van der Waals surface area contributed by atoms with Gasteiger partial charge in [0.2, 0.25) is 0 Å². The summed E-state index contributed by atoms with van der Waals surface area (Å²) >= 11 is 0. The minimum absolute atomic E-state index is 0.0245. The Bertz CT molecular complexity index is 877. The molecule has 0 amide bonds. The Morgan fingerprint density at radius 2 is 1.85 bits per heavy atom. The van der Waals surface area contributed by atoms with E-state index >= 15 is 0 Å². The Labute approximate surface area is 150 Å². The molecule has 1 aliphatic heterocycles. The van der Waals surface area contributed by atoms with Gasteiger partial charge in [-0.15, -0.1) is 0 Å². The van der Waals surface area contributed by atoms with E-state index in [9.17, 15) is 14.7 Å². The maximum Gasteiger partial charge on any atom is 0.332 e. The van der Waals surface area contributed by atoms with Crippen LogP contribution in [0, 0.1) is 0 Å². The number of hydrogen-bond donors (Lipinski definition) is 4. The topological polar surface area (TPSA) is 111 Å². The number of piperazine rings is 1. The van der Waals surface area contributed by atoms with E-state index in [0.717, 1.165) is 37.3 Å². The van der Waals surface area contributed by atoms with Gasteiger partial charge in [0.15, 0.2) is 11.2 Å². The molecule has 0 spiro atoms. The molecule has 0 aliphatic carbocycles. The summed E-state index contributed by atoms with van der Waals surface area (Å²) in [5.41, 5.74) is -0.184. The van der Waals surface area contributed by atoms with E-state index in [-0.39, 0.29) is 13.2 Å². The Morgan fingerprint density at radius 3 is 2.50 bits per heavy atom. The summed E-state index contributed by atoms with van der Waals surface area (Å²) in [6, 6.07) is 0. The normalized spacial score (nSPS) is 22.0. The Balaban J connectivity index is 1.72. The van der Waals surface area contributed by atoms with Crippen LogP contribution in [0.15, 0.2) is 15.9 Å². The quantitative estimate of drug-likeness (QED) is 0.407. The monoisotopic (exact) mass is 368 g/mol. The predicted molar refractivity (Wildman–Crippen MR) is 94.4 cm³/mol. The summed E-state index contributed by atoms with van der Waals surface area (Å²) in [5.74, 6) is 0. The smallest absolute Gasteiger partial charge is 0.332 e. The van der Waals surface area contributed by atoms with Crippen LogP contribution >= 0.6 is 0 Å². The number of aryl methyl sites for hydroxylation is 2. The lowest BCUT2D eigenvalue weighted by molar-refractivity contribution is -1.01. The van der Waals surface area contributed by atoms with Gasteiger partial charge in [-0.2, -0.15) is 0 Å². The molecule has 2 aromatic rings. The Hall–Kier alpha value is -2.01. The number of nitrogens with zero attached hydrogens (tertiary/aromatic N) is 4. The van der Waals surface area contributed by atoms with E-state index in [4.69, 9.17) is 5.11 Å². The molecule has 10 heteroatoms. The number of hydrogen-bond acceptors (Lipinski definition) is 5. The number of fused-ring (bicyclic) bond motifs is 1. The molecular formula is C16H28N6O4+2. The van der Waals surface area contributed by atoms with Crippen molar-refractivity contribution in [2.75, 3.05) is 45.9 Å². The minimum Gasteiger partial charge on any atom is -0.391 e. The Kier molecular flexibility index (Phi) is 5.56. The second-order valence-corrected chi connectivity index (χ2v) is 7.12. The van der Waals surface area contributed by atoms with E-state index in [1.54, 1.807) is 18.7 Å². The van der Waals surface area contributed by atoms with Crippen molar-refractivity contribution < 1.29 is 20.0 Å². The second-order valence-electron chi connectivity index (χ2n) is 7.12. The number of nitrogens with one attached hydrogen (secondary N) is 2. The van der Waals surface area contributed by atoms with Crippen LogP contribution in [0.25, 0.3) is 11.2 Å². The van der Waals surface area contributed by atoms with Crippen LogP contribution < -0.4 is 21.0 Å². The molecule has 26 heavy (non-hydrogen) atoms. The molecular weight excluding hydrogens is 340 g/mol. The summed E-state index contributed by atoms with van der Waals surface area (Å²) < 4.78 is 4.03. The molecule has 2 aromatic heterocycles. The van der Waals surface area contributed by atoms with Crippen LogP contribution in [-0.4, -0.2) is 80.9 Å². The Morgan fingerprint density at radius 1 is 1.19 bits per heavy atom. The summed E-state index contributed by atoms with van der Waals surface area (Å²) in [4.78, 5) is 31.9. The van der Waals surface area contributed by atoms with Gasteiger partial charge in [0.05, 0.1) is 19.5 Å². The first-order valence-electron chi connectivity index (χ1n) is 8.99. The number of quaternary nitrogens is 2. The molecule has 1 fully saturated rings. The largest absolute Gasteiger partial charge is 0.391 e. The van der Waals surface area contributed by atoms with Crippen molar-refractivity contribution in [1.29, 1.82) is 0 Å². The zero-order valence-corrected chi connectivity index (χ0v) is 15.3. The van der Waals surface area contributed by atoms with Gasteiger partial charge in [-0.1, -0.05) is 0 Å². The average molecular weight is 368 g/mol. The molecule has 1 aliphatic rings. The first-order valence-corrected chi connectivity index (χ1v) is 8.99. The predicted octanol–water partition coefficient (Wildman–Crippen LogP) is -5.43. The lowest BCUT2D eigenvalue weighted by Gasteiger charge is -2.30. The fourth-order valence-electron chi connectivity index (χ4n) is 3.74. The van der Waals surface area contributed by atoms with Crippen molar-refractivity contribution in [3.05, 3.63) is 27.2 Å². The molecule has 1 atom stereocenters. The third-order valence-electron chi connectivity index (χ3n) is 5.25. The molecule has 0 unspecified atom stereocenters. The summed E-state index contributed by atoms with van der Waals surface area (Å²) in [6.45, 7) is 5.12. The fraction of sp³-hybridized carbons (Fsp3) is 0.688. The standard InChI is InChI=1S/C16H26N6O4/c1-18-11-17-14-13(18)15(25)22(16(26)19(14)2)10-12(24)9-21-5-3-20(4-6-21)7-8-23/h11-12,23-24H,3-10H2,1-2H3/p+2/t12-/m1/s1. The van der Waals surface area contributed by atoms with Gasteiger partial charge < -0.3 is 24.6 Å². The number of aliphatic hydroxyl groups is 2. The highest BCUT2D eigenvalue weighted by atomic mass is 16.3.